The predicted octanol–water partition coefficient (Wildman–Crippen LogP) is 6.15. The third-order valence-corrected chi connectivity index (χ3v) is 9.47. The minimum absolute atomic E-state index is 0.0764. The molecule has 1 saturated carbocycles. The molecule has 2 aliphatic heterocycles. The second kappa shape index (κ2) is 12.5. The molecule has 250 valence electrons. The molecule has 10 nitrogen and oxygen atoms in total. The van der Waals surface area contributed by atoms with Crippen LogP contribution in [0.25, 0.3) is 17.1 Å². The molecule has 5 rings (SSSR count). The Balaban J connectivity index is 1.58. The van der Waals surface area contributed by atoms with Gasteiger partial charge in [-0.3, -0.25) is 9.59 Å². The maximum Gasteiger partial charge on any atom is 0.329 e. The number of rotatable bonds is 2. The molecule has 2 bridgehead atoms. The number of hydrogen-bond acceptors (Lipinski definition) is 9. The van der Waals surface area contributed by atoms with Gasteiger partial charge in [0.25, 0.3) is 0 Å². The highest BCUT2D eigenvalue weighted by atomic mass is 16.6. The van der Waals surface area contributed by atoms with Crippen LogP contribution < -0.4 is 9.47 Å². The normalized spacial score (nSPS) is 29.8. The topological polar surface area (TPSA) is 117 Å². The molecule has 2 aromatic rings. The van der Waals surface area contributed by atoms with E-state index in [4.69, 9.17) is 28.9 Å². The third-order valence-electron chi connectivity index (χ3n) is 9.47. The molecule has 3 aliphatic rings. The van der Waals surface area contributed by atoms with Gasteiger partial charge in [0.15, 0.2) is 0 Å². The average molecular weight is 636 g/mol. The molecule has 6 atom stereocenters. The molecule has 1 amide bonds. The van der Waals surface area contributed by atoms with E-state index in [-0.39, 0.29) is 30.8 Å². The van der Waals surface area contributed by atoms with Crippen molar-refractivity contribution >= 4 is 35.0 Å². The lowest BCUT2D eigenvalue weighted by Crippen LogP contribution is -2.50. The number of amides is 1. The zero-order valence-electron chi connectivity index (χ0n) is 28.7. The number of aromatic nitrogens is 2. The molecule has 1 saturated heterocycles. The van der Waals surface area contributed by atoms with E-state index < -0.39 is 46.6 Å². The molecule has 0 N–H and O–H groups in total. The fourth-order valence-electron chi connectivity index (χ4n) is 6.61. The zero-order chi connectivity index (χ0) is 33.6. The Kier molecular flexibility index (Phi) is 9.14. The predicted molar refractivity (Wildman–Crippen MR) is 174 cm³/mol. The van der Waals surface area contributed by atoms with Crippen LogP contribution in [0.15, 0.2) is 24.3 Å². The number of ether oxygens (including phenoxy) is 4. The zero-order valence-corrected chi connectivity index (χ0v) is 28.7. The first-order valence-electron chi connectivity index (χ1n) is 16.4. The molecule has 1 aromatic carbocycles. The molecule has 1 aliphatic carbocycles. The molecule has 0 unspecified atom stereocenters. The Morgan fingerprint density at radius 3 is 2.50 bits per heavy atom. The summed E-state index contributed by atoms with van der Waals surface area (Å²) in [6.07, 6.45) is 6.79. The fraction of sp³-hybridized carbons (Fsp3) is 0.639. The van der Waals surface area contributed by atoms with Gasteiger partial charge in [0.05, 0.1) is 37.0 Å². The van der Waals surface area contributed by atoms with Crippen LogP contribution in [0.4, 0.5) is 0 Å². The van der Waals surface area contributed by atoms with Crippen LogP contribution in [-0.4, -0.2) is 69.7 Å². The van der Waals surface area contributed by atoms with Crippen LogP contribution in [0.3, 0.4) is 0 Å². The van der Waals surface area contributed by atoms with E-state index in [1.165, 1.54) is 0 Å². The van der Waals surface area contributed by atoms with Gasteiger partial charge in [-0.05, 0) is 77.0 Å². The summed E-state index contributed by atoms with van der Waals surface area (Å²) in [5.74, 6) is -1.13. The van der Waals surface area contributed by atoms with Crippen LogP contribution in [0.2, 0.25) is 0 Å². The van der Waals surface area contributed by atoms with E-state index in [2.05, 4.69) is 6.08 Å². The van der Waals surface area contributed by atoms with Crippen LogP contribution >= 0.6 is 0 Å². The summed E-state index contributed by atoms with van der Waals surface area (Å²) in [4.78, 5) is 52.8. The van der Waals surface area contributed by atoms with Gasteiger partial charge in [0.1, 0.15) is 34.8 Å². The Hall–Kier alpha value is -3.69. The Labute approximate surface area is 272 Å². The highest BCUT2D eigenvalue weighted by molar-refractivity contribution is 5.90. The number of benzene rings is 1. The standard InChI is InChI=1S/C36H49N3O7/c1-21-28-20-39(30(21)33(42)46-35(5,6)7)32(41)24(34(2,3)4)18-29(40)45-36(8)19-22(36)13-11-10-12-14-26-31(44-28)38-27-17-23(43-9)15-16-25(27)37-26/h12,14-17,21-22,24,28,30H,10-11,13,18-20H2,1-9H3/b14-12+/t21-,22+,24-,28+,30+,36+/m1/s1. The van der Waals surface area contributed by atoms with Crippen molar-refractivity contribution in [2.24, 2.45) is 23.2 Å². The lowest BCUT2D eigenvalue weighted by atomic mass is 9.77. The number of carbonyl (C=O) groups excluding carboxylic acids is 3. The van der Waals surface area contributed by atoms with Gasteiger partial charge in [-0.25, -0.2) is 14.8 Å². The smallest absolute Gasteiger partial charge is 0.329 e. The number of hydrogen-bond donors (Lipinski definition) is 0. The highest BCUT2D eigenvalue weighted by Gasteiger charge is 2.54. The van der Waals surface area contributed by atoms with Crippen LogP contribution in [-0.2, 0) is 23.9 Å². The van der Waals surface area contributed by atoms with Crippen LogP contribution in [0, 0.1) is 23.2 Å². The van der Waals surface area contributed by atoms with Crippen molar-refractivity contribution in [3.63, 3.8) is 0 Å². The Morgan fingerprint density at radius 2 is 1.83 bits per heavy atom. The van der Waals surface area contributed by atoms with Gasteiger partial charge in [0, 0.05) is 17.9 Å². The number of nitrogens with zero attached hydrogens (tertiary/aromatic N) is 3. The minimum atomic E-state index is -0.919. The van der Waals surface area contributed by atoms with Crippen molar-refractivity contribution in [2.45, 2.75) is 111 Å². The summed E-state index contributed by atoms with van der Waals surface area (Å²) < 4.78 is 23.9. The summed E-state index contributed by atoms with van der Waals surface area (Å²) >= 11 is 0. The molecular formula is C36H49N3O7. The molecule has 3 heterocycles. The van der Waals surface area contributed by atoms with Gasteiger partial charge in [0.2, 0.25) is 11.8 Å². The third kappa shape index (κ3) is 7.31. The van der Waals surface area contributed by atoms with Crippen molar-refractivity contribution in [1.29, 1.82) is 0 Å². The maximum atomic E-state index is 14.5. The van der Waals surface area contributed by atoms with E-state index in [9.17, 15) is 14.4 Å². The number of allylic oxidation sites excluding steroid dienone is 1. The summed E-state index contributed by atoms with van der Waals surface area (Å²) in [6.45, 7) is 15.2. The van der Waals surface area contributed by atoms with Crippen molar-refractivity contribution in [1.82, 2.24) is 14.9 Å². The van der Waals surface area contributed by atoms with E-state index in [1.807, 2.05) is 52.8 Å². The van der Waals surface area contributed by atoms with Crippen LogP contribution in [0.5, 0.6) is 11.6 Å². The highest BCUT2D eigenvalue weighted by Crippen LogP contribution is 2.50. The Morgan fingerprint density at radius 1 is 1.09 bits per heavy atom. The first-order chi connectivity index (χ1) is 21.5. The molecular weight excluding hydrogens is 586 g/mol. The van der Waals surface area contributed by atoms with Crippen molar-refractivity contribution in [2.75, 3.05) is 13.7 Å². The minimum Gasteiger partial charge on any atom is -0.497 e. The maximum absolute atomic E-state index is 14.5. The molecule has 46 heavy (non-hydrogen) atoms. The molecule has 1 aromatic heterocycles. The molecule has 0 radical (unpaired) electrons. The van der Waals surface area contributed by atoms with Gasteiger partial charge in [-0.1, -0.05) is 33.8 Å². The van der Waals surface area contributed by atoms with E-state index in [1.54, 1.807) is 38.8 Å². The summed E-state index contributed by atoms with van der Waals surface area (Å²) in [6, 6.07) is 4.59. The SMILES string of the molecule is COc1ccc2nc3c(nc2c1)O[C@H]1CN(C(=O)[C@H](C(C)(C)C)CC(=O)O[C@@]2(C)C[C@@H]2CCC/C=C/3)[C@H](C(=O)OC(C)(C)C)[C@@H]1C. The van der Waals surface area contributed by atoms with Gasteiger partial charge in [-0.2, -0.15) is 0 Å². The number of carbonyl (C=O) groups is 3. The van der Waals surface area contributed by atoms with E-state index in [0.29, 0.717) is 28.4 Å². The molecule has 0 spiro atoms. The van der Waals surface area contributed by atoms with Crippen LogP contribution in [0.1, 0.15) is 93.2 Å². The lowest BCUT2D eigenvalue weighted by Gasteiger charge is -2.35. The second-order valence-electron chi connectivity index (χ2n) is 15.4. The van der Waals surface area contributed by atoms with E-state index in [0.717, 1.165) is 25.7 Å². The second-order valence-corrected chi connectivity index (χ2v) is 15.4. The fourth-order valence-corrected chi connectivity index (χ4v) is 6.61. The van der Waals surface area contributed by atoms with Gasteiger partial charge < -0.3 is 23.8 Å². The van der Waals surface area contributed by atoms with Gasteiger partial charge >= 0.3 is 11.9 Å². The summed E-state index contributed by atoms with van der Waals surface area (Å²) in [5.41, 5.74) is 0.0122. The van der Waals surface area contributed by atoms with E-state index >= 15 is 0 Å². The lowest BCUT2D eigenvalue weighted by molar-refractivity contribution is -0.167. The average Bonchev–Trinajstić information content (AvgIpc) is 3.46. The Bertz CT molecular complexity index is 1520. The summed E-state index contributed by atoms with van der Waals surface area (Å²) in [7, 11) is 1.60. The van der Waals surface area contributed by atoms with Gasteiger partial charge in [-0.15, -0.1) is 0 Å². The quantitative estimate of drug-likeness (QED) is 0.359. The summed E-state index contributed by atoms with van der Waals surface area (Å²) in [5, 5.41) is 0. The van der Waals surface area contributed by atoms with Crippen molar-refractivity contribution in [3.8, 4) is 11.6 Å². The van der Waals surface area contributed by atoms with Crippen molar-refractivity contribution in [3.05, 3.63) is 30.0 Å². The number of esters is 2. The largest absolute Gasteiger partial charge is 0.497 e. The van der Waals surface area contributed by atoms with Crippen molar-refractivity contribution < 1.29 is 33.3 Å². The number of methoxy groups -OCH3 is 1. The molecule has 2 fully saturated rings. The first-order valence-corrected chi connectivity index (χ1v) is 16.4. The monoisotopic (exact) mass is 635 g/mol. The number of fused-ring (bicyclic) bond motifs is 5. The molecule has 10 heteroatoms. The first kappa shape index (κ1) is 33.7.